The summed E-state index contributed by atoms with van der Waals surface area (Å²) in [6.45, 7) is 8.25. The Kier molecular flexibility index (Phi) is 6.50. The molecular formula is C14H24BrN2OS+. The molecule has 1 rings (SSSR count). The maximum atomic E-state index is 5.90. The van der Waals surface area contributed by atoms with Crippen molar-refractivity contribution in [1.82, 2.24) is 0 Å². The third-order valence-corrected chi connectivity index (χ3v) is 5.51. The zero-order chi connectivity index (χ0) is 14.5. The van der Waals surface area contributed by atoms with Crippen molar-refractivity contribution >= 4 is 38.5 Å². The van der Waals surface area contributed by atoms with Crippen molar-refractivity contribution in [3.05, 3.63) is 22.7 Å². The van der Waals surface area contributed by atoms with Gasteiger partial charge in [0.05, 0.1) is 11.4 Å². The summed E-state index contributed by atoms with van der Waals surface area (Å²) in [5.74, 6) is 0. The van der Waals surface area contributed by atoms with Crippen LogP contribution in [0.3, 0.4) is 0 Å². The van der Waals surface area contributed by atoms with E-state index in [0.717, 1.165) is 35.4 Å². The van der Waals surface area contributed by atoms with Gasteiger partial charge in [-0.25, -0.2) is 0 Å². The molecule has 19 heavy (non-hydrogen) atoms. The highest BCUT2D eigenvalue weighted by Crippen LogP contribution is 2.23. The van der Waals surface area contributed by atoms with Crippen LogP contribution < -0.4 is 11.1 Å². The average Bonchev–Trinajstić information content (AvgIpc) is 2.31. The van der Waals surface area contributed by atoms with Gasteiger partial charge in [0.25, 0.3) is 0 Å². The third-order valence-electron chi connectivity index (χ3n) is 2.77. The van der Waals surface area contributed by atoms with E-state index in [-0.39, 0.29) is 15.9 Å². The molecule has 0 spiro atoms. The van der Waals surface area contributed by atoms with Crippen LogP contribution >= 0.6 is 15.9 Å². The molecule has 0 heterocycles. The first kappa shape index (κ1) is 16.7. The van der Waals surface area contributed by atoms with Crippen LogP contribution in [0.15, 0.2) is 22.7 Å². The van der Waals surface area contributed by atoms with Crippen molar-refractivity contribution < 1.29 is 4.18 Å². The molecule has 1 aromatic carbocycles. The molecule has 0 bridgehead atoms. The van der Waals surface area contributed by atoms with Gasteiger partial charge in [0, 0.05) is 11.0 Å². The normalized spacial score (nSPS) is 13.3. The Bertz CT molecular complexity index is 407. The lowest BCUT2D eigenvalue weighted by Gasteiger charge is -2.16. The van der Waals surface area contributed by atoms with Gasteiger partial charge in [0.1, 0.15) is 24.0 Å². The zero-order valence-electron chi connectivity index (χ0n) is 12.1. The van der Waals surface area contributed by atoms with Gasteiger partial charge >= 0.3 is 0 Å². The van der Waals surface area contributed by atoms with E-state index < -0.39 is 0 Å². The molecule has 1 unspecified atom stereocenters. The van der Waals surface area contributed by atoms with E-state index in [9.17, 15) is 0 Å². The first-order chi connectivity index (χ1) is 8.80. The van der Waals surface area contributed by atoms with Gasteiger partial charge in [0.2, 0.25) is 0 Å². The number of hydrogen-bond donors (Lipinski definition) is 2. The van der Waals surface area contributed by atoms with Gasteiger partial charge in [-0.2, -0.15) is 4.18 Å². The fourth-order valence-electron chi connectivity index (χ4n) is 1.34. The second-order valence-electron chi connectivity index (χ2n) is 5.40. The summed E-state index contributed by atoms with van der Waals surface area (Å²) in [5.41, 5.74) is 7.64. The molecule has 0 radical (unpaired) electrons. The maximum Gasteiger partial charge on any atom is 0.152 e. The van der Waals surface area contributed by atoms with E-state index >= 15 is 0 Å². The van der Waals surface area contributed by atoms with Gasteiger partial charge in [-0.05, 0) is 45.4 Å². The number of halogens is 1. The van der Waals surface area contributed by atoms with E-state index in [1.807, 2.05) is 18.2 Å². The Morgan fingerprint density at radius 1 is 1.37 bits per heavy atom. The van der Waals surface area contributed by atoms with Crippen molar-refractivity contribution in [3.8, 4) is 0 Å². The fourth-order valence-corrected chi connectivity index (χ4v) is 2.42. The summed E-state index contributed by atoms with van der Waals surface area (Å²) in [6, 6.07) is 5.83. The lowest BCUT2D eigenvalue weighted by molar-refractivity contribution is 0.350. The smallest absolute Gasteiger partial charge is 0.152 e. The van der Waals surface area contributed by atoms with Crippen LogP contribution in [-0.4, -0.2) is 24.2 Å². The molecule has 3 nitrogen and oxygen atoms in total. The number of benzene rings is 1. The predicted octanol–water partition coefficient (Wildman–Crippen LogP) is 3.81. The van der Waals surface area contributed by atoms with Gasteiger partial charge in [0.15, 0.2) is 4.75 Å². The molecule has 0 aliphatic rings. The van der Waals surface area contributed by atoms with Crippen molar-refractivity contribution in [2.75, 3.05) is 30.5 Å². The van der Waals surface area contributed by atoms with Crippen molar-refractivity contribution in [2.45, 2.75) is 31.9 Å². The van der Waals surface area contributed by atoms with Crippen LogP contribution in [0.25, 0.3) is 0 Å². The lowest BCUT2D eigenvalue weighted by atomic mass is 10.2. The highest BCUT2D eigenvalue weighted by Gasteiger charge is 2.31. The number of nitrogens with two attached hydrogens (primary N) is 1. The van der Waals surface area contributed by atoms with E-state index in [1.165, 1.54) is 0 Å². The minimum atomic E-state index is -0.00331. The summed E-state index contributed by atoms with van der Waals surface area (Å²) in [5, 5.41) is 3.33. The topological polar surface area (TPSA) is 47.3 Å². The van der Waals surface area contributed by atoms with Gasteiger partial charge in [-0.15, -0.1) is 0 Å². The van der Waals surface area contributed by atoms with Gasteiger partial charge in [-0.3, -0.25) is 0 Å². The van der Waals surface area contributed by atoms with Crippen molar-refractivity contribution in [3.63, 3.8) is 0 Å². The van der Waals surface area contributed by atoms with E-state index in [1.54, 1.807) is 0 Å². The van der Waals surface area contributed by atoms with Crippen LogP contribution in [0.4, 0.5) is 11.4 Å². The number of hydrogen-bond acceptors (Lipinski definition) is 3. The Labute approximate surface area is 128 Å². The quantitative estimate of drug-likeness (QED) is 0.467. The van der Waals surface area contributed by atoms with Crippen LogP contribution in [0.1, 0.15) is 27.2 Å². The molecule has 0 aliphatic carbocycles. The van der Waals surface area contributed by atoms with Crippen LogP contribution in [0.2, 0.25) is 0 Å². The molecule has 0 saturated heterocycles. The summed E-state index contributed by atoms with van der Waals surface area (Å²) >= 11 is 3.44. The van der Waals surface area contributed by atoms with Crippen LogP contribution in [-0.2, 0) is 15.4 Å². The largest absolute Gasteiger partial charge is 0.397 e. The van der Waals surface area contributed by atoms with Crippen LogP contribution in [0.5, 0.6) is 0 Å². The fraction of sp³-hybridized carbons (Fsp3) is 0.571. The number of rotatable bonds is 6. The minimum absolute atomic E-state index is 0.00331. The van der Waals surface area contributed by atoms with E-state index in [4.69, 9.17) is 9.92 Å². The second kappa shape index (κ2) is 7.41. The first-order valence-corrected chi connectivity index (χ1v) is 8.74. The van der Waals surface area contributed by atoms with E-state index in [0.29, 0.717) is 0 Å². The average molecular weight is 348 g/mol. The molecule has 0 aromatic heterocycles. The summed E-state index contributed by atoms with van der Waals surface area (Å²) in [7, 11) is 0. The van der Waals surface area contributed by atoms with Gasteiger partial charge in [-0.1, -0.05) is 15.9 Å². The van der Waals surface area contributed by atoms with Crippen molar-refractivity contribution in [2.24, 2.45) is 0 Å². The standard InChI is InChI=1S/C14H24BrN2OS/c1-14(2,3)19(4)18-9-5-8-17-13-10-11(15)6-7-12(13)16/h6-7,10,17H,5,8-9,16H2,1-4H3/q+1. The highest BCUT2D eigenvalue weighted by molar-refractivity contribution is 9.10. The van der Waals surface area contributed by atoms with Crippen LogP contribution in [0, 0.1) is 0 Å². The summed E-state index contributed by atoms with van der Waals surface area (Å²) in [4.78, 5) is 0. The zero-order valence-corrected chi connectivity index (χ0v) is 14.5. The Morgan fingerprint density at radius 2 is 2.05 bits per heavy atom. The van der Waals surface area contributed by atoms with E-state index in [2.05, 4.69) is 48.3 Å². The van der Waals surface area contributed by atoms with Gasteiger partial charge < -0.3 is 11.1 Å². The monoisotopic (exact) mass is 347 g/mol. The molecule has 5 heteroatoms. The molecule has 1 atom stereocenters. The third kappa shape index (κ3) is 6.06. The lowest BCUT2D eigenvalue weighted by Crippen LogP contribution is -2.29. The summed E-state index contributed by atoms with van der Waals surface area (Å²) in [6.07, 6.45) is 3.12. The molecule has 0 aliphatic heterocycles. The second-order valence-corrected chi connectivity index (χ2v) is 8.68. The molecule has 1 aromatic rings. The number of nitrogen functional groups attached to an aromatic ring is 1. The highest BCUT2D eigenvalue weighted by atomic mass is 79.9. The maximum absolute atomic E-state index is 5.90. The molecule has 0 amide bonds. The SMILES string of the molecule is C[S+](OCCCNc1cc(Br)ccc1N)C(C)(C)C. The predicted molar refractivity (Wildman–Crippen MR) is 90.7 cm³/mol. The molecule has 0 fully saturated rings. The number of anilines is 2. The molecule has 3 N–H and O–H groups in total. The Hall–Kier alpha value is -0.390. The first-order valence-electron chi connectivity index (χ1n) is 6.39. The Morgan fingerprint density at radius 3 is 2.68 bits per heavy atom. The molecule has 0 saturated carbocycles. The van der Waals surface area contributed by atoms with Crippen molar-refractivity contribution in [1.29, 1.82) is 0 Å². The minimum Gasteiger partial charge on any atom is -0.397 e. The Balaban J connectivity index is 2.26. The number of nitrogens with one attached hydrogen (secondary N) is 1. The molecule has 108 valence electrons. The summed E-state index contributed by atoms with van der Waals surface area (Å²) < 4.78 is 7.10. The molecular weight excluding hydrogens is 324 g/mol.